The fourth-order valence-corrected chi connectivity index (χ4v) is 3.04. The van der Waals surface area contributed by atoms with E-state index in [1.54, 1.807) is 6.21 Å². The Hall–Kier alpha value is -3.52. The van der Waals surface area contributed by atoms with Crippen molar-refractivity contribution in [3.8, 4) is 5.75 Å². The number of benzene rings is 3. The molecule has 30 heavy (non-hydrogen) atoms. The Morgan fingerprint density at radius 3 is 2.40 bits per heavy atom. The summed E-state index contributed by atoms with van der Waals surface area (Å²) in [5.41, 5.74) is 5.80. The zero-order chi connectivity index (χ0) is 20.8. The first kappa shape index (κ1) is 19.8. The summed E-state index contributed by atoms with van der Waals surface area (Å²) < 4.78 is 6.93. The molecule has 0 spiro atoms. The van der Waals surface area contributed by atoms with Crippen LogP contribution in [-0.4, -0.2) is 27.1 Å². The third-order valence-electron chi connectivity index (χ3n) is 4.23. The van der Waals surface area contributed by atoms with E-state index in [-0.39, 0.29) is 12.5 Å². The van der Waals surface area contributed by atoms with Gasteiger partial charge in [-0.1, -0.05) is 52.3 Å². The second-order valence-corrected chi connectivity index (χ2v) is 7.38. The zero-order valence-corrected chi connectivity index (χ0v) is 17.5. The van der Waals surface area contributed by atoms with Gasteiger partial charge in [-0.15, -0.1) is 0 Å². The maximum atomic E-state index is 12.1. The minimum absolute atomic E-state index is 0.0201. The van der Waals surface area contributed by atoms with Crippen molar-refractivity contribution in [1.29, 1.82) is 0 Å². The van der Waals surface area contributed by atoms with Gasteiger partial charge < -0.3 is 4.74 Å². The highest BCUT2D eigenvalue weighted by molar-refractivity contribution is 9.10. The molecule has 7 nitrogen and oxygen atoms in total. The van der Waals surface area contributed by atoms with Crippen molar-refractivity contribution in [3.05, 3.63) is 88.4 Å². The van der Waals surface area contributed by atoms with E-state index in [1.165, 1.54) is 4.80 Å². The molecule has 4 aromatic rings. The van der Waals surface area contributed by atoms with E-state index in [0.29, 0.717) is 12.4 Å². The number of para-hydroxylation sites is 1. The molecule has 4 rings (SSSR count). The SMILES string of the molecule is O=C(Cn1nc2ccccc2n1)N/N=C\c1ccccc1OCc1ccc(Br)cc1. The molecule has 1 aromatic heterocycles. The van der Waals surface area contributed by atoms with Crippen LogP contribution in [0.15, 0.2) is 82.4 Å². The molecule has 0 saturated carbocycles. The van der Waals surface area contributed by atoms with Gasteiger partial charge in [0, 0.05) is 10.0 Å². The number of rotatable bonds is 7. The Labute approximate surface area is 181 Å². The van der Waals surface area contributed by atoms with Gasteiger partial charge in [0.25, 0.3) is 5.91 Å². The van der Waals surface area contributed by atoms with Crippen LogP contribution in [-0.2, 0) is 17.9 Å². The molecule has 150 valence electrons. The molecule has 0 atom stereocenters. The molecule has 0 bridgehead atoms. The topological polar surface area (TPSA) is 81.4 Å². The molecular formula is C22H18BrN5O2. The van der Waals surface area contributed by atoms with Crippen molar-refractivity contribution in [2.45, 2.75) is 13.2 Å². The van der Waals surface area contributed by atoms with Crippen LogP contribution in [0.1, 0.15) is 11.1 Å². The molecule has 1 N–H and O–H groups in total. The summed E-state index contributed by atoms with van der Waals surface area (Å²) in [5, 5.41) is 12.6. The quantitative estimate of drug-likeness (QED) is 0.332. The Balaban J connectivity index is 1.35. The Bertz CT molecular complexity index is 1150. The molecule has 0 aliphatic rings. The summed E-state index contributed by atoms with van der Waals surface area (Å²) in [6, 6.07) is 22.9. The normalized spacial score (nSPS) is 11.1. The number of hydrazone groups is 1. The maximum absolute atomic E-state index is 12.1. The van der Waals surface area contributed by atoms with Crippen LogP contribution in [0, 0.1) is 0 Å². The zero-order valence-electron chi connectivity index (χ0n) is 15.9. The number of ether oxygens (including phenoxy) is 1. The van der Waals surface area contributed by atoms with E-state index in [2.05, 4.69) is 36.7 Å². The Morgan fingerprint density at radius 2 is 1.67 bits per heavy atom. The number of fused-ring (bicyclic) bond motifs is 1. The van der Waals surface area contributed by atoms with E-state index >= 15 is 0 Å². The predicted octanol–water partition coefficient (Wildman–Crippen LogP) is 3.92. The molecule has 0 aliphatic carbocycles. The maximum Gasteiger partial charge on any atom is 0.263 e. The van der Waals surface area contributed by atoms with Crippen LogP contribution in [0.2, 0.25) is 0 Å². The van der Waals surface area contributed by atoms with Crippen LogP contribution >= 0.6 is 15.9 Å². The summed E-state index contributed by atoms with van der Waals surface area (Å²) in [6.45, 7) is 0.413. The smallest absolute Gasteiger partial charge is 0.263 e. The summed E-state index contributed by atoms with van der Waals surface area (Å²) >= 11 is 3.42. The van der Waals surface area contributed by atoms with Gasteiger partial charge >= 0.3 is 0 Å². The van der Waals surface area contributed by atoms with Gasteiger partial charge in [0.2, 0.25) is 0 Å². The number of halogens is 1. The van der Waals surface area contributed by atoms with Crippen LogP contribution in [0.5, 0.6) is 5.75 Å². The number of amides is 1. The van der Waals surface area contributed by atoms with Gasteiger partial charge in [0.15, 0.2) is 0 Å². The lowest BCUT2D eigenvalue weighted by molar-refractivity contribution is -0.122. The number of hydrogen-bond acceptors (Lipinski definition) is 5. The second kappa shape index (κ2) is 9.32. The first-order valence-corrected chi connectivity index (χ1v) is 10.0. The third kappa shape index (κ3) is 5.09. The minimum Gasteiger partial charge on any atom is -0.488 e. The fraction of sp³-hybridized carbons (Fsp3) is 0.0909. The summed E-state index contributed by atoms with van der Waals surface area (Å²) in [6.07, 6.45) is 1.56. The van der Waals surface area contributed by atoms with E-state index in [0.717, 1.165) is 26.6 Å². The average Bonchev–Trinajstić information content (AvgIpc) is 3.16. The Morgan fingerprint density at radius 1 is 1.00 bits per heavy atom. The van der Waals surface area contributed by atoms with Gasteiger partial charge in [-0.05, 0) is 42.0 Å². The number of nitrogens with zero attached hydrogens (tertiary/aromatic N) is 4. The van der Waals surface area contributed by atoms with Crippen molar-refractivity contribution < 1.29 is 9.53 Å². The summed E-state index contributed by atoms with van der Waals surface area (Å²) in [5.74, 6) is 0.359. The van der Waals surface area contributed by atoms with Crippen molar-refractivity contribution in [2.75, 3.05) is 0 Å². The highest BCUT2D eigenvalue weighted by Gasteiger charge is 2.07. The molecule has 0 radical (unpaired) electrons. The second-order valence-electron chi connectivity index (χ2n) is 6.47. The van der Waals surface area contributed by atoms with Crippen molar-refractivity contribution >= 4 is 39.1 Å². The molecule has 0 saturated heterocycles. The molecule has 1 amide bonds. The van der Waals surface area contributed by atoms with Gasteiger partial charge in [0.05, 0.1) is 6.21 Å². The van der Waals surface area contributed by atoms with E-state index < -0.39 is 0 Å². The van der Waals surface area contributed by atoms with Crippen LogP contribution in [0.3, 0.4) is 0 Å². The number of aromatic nitrogens is 3. The number of nitrogens with one attached hydrogen (secondary N) is 1. The van der Waals surface area contributed by atoms with Gasteiger partial charge in [-0.25, -0.2) is 5.43 Å². The van der Waals surface area contributed by atoms with Crippen LogP contribution < -0.4 is 10.2 Å². The van der Waals surface area contributed by atoms with Gasteiger partial charge in [0.1, 0.15) is 29.9 Å². The Kier molecular flexibility index (Phi) is 6.14. The summed E-state index contributed by atoms with van der Waals surface area (Å²) in [4.78, 5) is 13.5. The molecule has 0 unspecified atom stereocenters. The lowest BCUT2D eigenvalue weighted by atomic mass is 10.2. The van der Waals surface area contributed by atoms with Gasteiger partial charge in [-0.2, -0.15) is 20.1 Å². The molecular weight excluding hydrogens is 446 g/mol. The average molecular weight is 464 g/mol. The minimum atomic E-state index is -0.320. The number of carbonyl (C=O) groups excluding carboxylic acids is 1. The van der Waals surface area contributed by atoms with Crippen molar-refractivity contribution in [2.24, 2.45) is 5.10 Å². The standard InChI is InChI=1S/C22H18BrN5O2/c23-18-11-9-16(10-12-18)15-30-21-8-4-1-5-17(21)13-24-25-22(29)14-28-26-19-6-2-3-7-20(19)27-28/h1-13H,14-15H2,(H,25,29)/b24-13-. The number of carbonyl (C=O) groups is 1. The predicted molar refractivity (Wildman–Crippen MR) is 118 cm³/mol. The molecule has 1 heterocycles. The van der Waals surface area contributed by atoms with E-state index in [4.69, 9.17) is 4.74 Å². The van der Waals surface area contributed by atoms with Crippen LogP contribution in [0.25, 0.3) is 11.0 Å². The molecule has 8 heteroatoms. The lowest BCUT2D eigenvalue weighted by Crippen LogP contribution is -2.24. The van der Waals surface area contributed by atoms with E-state index in [1.807, 2.05) is 72.8 Å². The fourth-order valence-electron chi connectivity index (χ4n) is 2.77. The monoisotopic (exact) mass is 463 g/mol. The largest absolute Gasteiger partial charge is 0.488 e. The lowest BCUT2D eigenvalue weighted by Gasteiger charge is -2.09. The molecule has 0 fully saturated rings. The highest BCUT2D eigenvalue weighted by atomic mass is 79.9. The first-order valence-electron chi connectivity index (χ1n) is 9.25. The van der Waals surface area contributed by atoms with E-state index in [9.17, 15) is 4.79 Å². The molecule has 3 aromatic carbocycles. The van der Waals surface area contributed by atoms with Crippen molar-refractivity contribution in [1.82, 2.24) is 20.4 Å². The first-order chi connectivity index (χ1) is 14.7. The molecule has 0 aliphatic heterocycles. The highest BCUT2D eigenvalue weighted by Crippen LogP contribution is 2.18. The van der Waals surface area contributed by atoms with Gasteiger partial charge in [-0.3, -0.25) is 4.79 Å². The van der Waals surface area contributed by atoms with Crippen LogP contribution in [0.4, 0.5) is 0 Å². The number of hydrogen-bond donors (Lipinski definition) is 1. The summed E-state index contributed by atoms with van der Waals surface area (Å²) in [7, 11) is 0. The van der Waals surface area contributed by atoms with Crippen molar-refractivity contribution in [3.63, 3.8) is 0 Å². The third-order valence-corrected chi connectivity index (χ3v) is 4.76.